The quantitative estimate of drug-likeness (QED) is 0.654. The first kappa shape index (κ1) is 12.1. The number of nitrogens with zero attached hydrogens (tertiary/aromatic N) is 3. The maximum atomic E-state index is 10.7. The zero-order valence-corrected chi connectivity index (χ0v) is 9.83. The van der Waals surface area contributed by atoms with E-state index in [-0.39, 0.29) is 5.69 Å². The van der Waals surface area contributed by atoms with Gasteiger partial charge < -0.3 is 5.32 Å². The van der Waals surface area contributed by atoms with Crippen LogP contribution in [0.3, 0.4) is 0 Å². The van der Waals surface area contributed by atoms with Gasteiger partial charge in [-0.15, -0.1) is 0 Å². The first-order valence-corrected chi connectivity index (χ1v) is 5.42. The van der Waals surface area contributed by atoms with Crippen molar-refractivity contribution in [2.45, 2.75) is 6.54 Å². The van der Waals surface area contributed by atoms with Crippen molar-refractivity contribution in [3.63, 3.8) is 0 Å². The molecule has 1 heterocycles. The van der Waals surface area contributed by atoms with Gasteiger partial charge >= 0.3 is 0 Å². The van der Waals surface area contributed by atoms with Gasteiger partial charge in [0.2, 0.25) is 0 Å². The van der Waals surface area contributed by atoms with Crippen LogP contribution < -0.4 is 5.32 Å². The van der Waals surface area contributed by atoms with Gasteiger partial charge in [0.25, 0.3) is 5.69 Å². The molecule has 0 fully saturated rings. The third kappa shape index (κ3) is 2.67. The van der Waals surface area contributed by atoms with Crippen molar-refractivity contribution in [3.8, 4) is 11.4 Å². The molecule has 2 rings (SSSR count). The molecule has 0 saturated carbocycles. The maximum absolute atomic E-state index is 10.7. The van der Waals surface area contributed by atoms with Gasteiger partial charge in [-0.1, -0.05) is 12.1 Å². The van der Waals surface area contributed by atoms with Crippen molar-refractivity contribution in [2.75, 3.05) is 7.05 Å². The molecule has 0 spiro atoms. The SMILES string of the molecule is CNCc1ccnc(-c2cccc([N+](=O)[O-])c2)n1. The molecule has 6 nitrogen and oxygen atoms in total. The second-order valence-corrected chi connectivity index (χ2v) is 3.71. The van der Waals surface area contributed by atoms with Crippen molar-refractivity contribution in [1.82, 2.24) is 15.3 Å². The number of nitro groups is 1. The summed E-state index contributed by atoms with van der Waals surface area (Å²) >= 11 is 0. The predicted octanol–water partition coefficient (Wildman–Crippen LogP) is 1.77. The highest BCUT2D eigenvalue weighted by Gasteiger charge is 2.09. The minimum Gasteiger partial charge on any atom is -0.314 e. The number of nitro benzene ring substituents is 1. The smallest absolute Gasteiger partial charge is 0.270 e. The van der Waals surface area contributed by atoms with Crippen molar-refractivity contribution in [3.05, 3.63) is 52.3 Å². The van der Waals surface area contributed by atoms with E-state index in [0.717, 1.165) is 5.69 Å². The second-order valence-electron chi connectivity index (χ2n) is 3.71. The minimum absolute atomic E-state index is 0.0371. The number of non-ortho nitro benzene ring substituents is 1. The molecule has 1 N–H and O–H groups in total. The van der Waals surface area contributed by atoms with Crippen LogP contribution in [0.2, 0.25) is 0 Å². The van der Waals surface area contributed by atoms with Crippen molar-refractivity contribution in [1.29, 1.82) is 0 Å². The molecule has 18 heavy (non-hydrogen) atoms. The summed E-state index contributed by atoms with van der Waals surface area (Å²) in [5, 5.41) is 13.7. The van der Waals surface area contributed by atoms with Gasteiger partial charge in [0.05, 0.1) is 10.6 Å². The van der Waals surface area contributed by atoms with Gasteiger partial charge in [0.15, 0.2) is 5.82 Å². The van der Waals surface area contributed by atoms with Crippen LogP contribution in [-0.2, 0) is 6.54 Å². The molecule has 6 heteroatoms. The Labute approximate surface area is 104 Å². The fourth-order valence-electron chi connectivity index (χ4n) is 1.57. The highest BCUT2D eigenvalue weighted by molar-refractivity contribution is 5.58. The average molecular weight is 244 g/mol. The van der Waals surface area contributed by atoms with Crippen molar-refractivity contribution in [2.24, 2.45) is 0 Å². The topological polar surface area (TPSA) is 81.0 Å². The van der Waals surface area contributed by atoms with E-state index in [4.69, 9.17) is 0 Å². The number of hydrogen-bond acceptors (Lipinski definition) is 5. The highest BCUT2D eigenvalue weighted by Crippen LogP contribution is 2.20. The molecule has 0 saturated heterocycles. The third-order valence-corrected chi connectivity index (χ3v) is 2.39. The molecular weight excluding hydrogens is 232 g/mol. The summed E-state index contributed by atoms with van der Waals surface area (Å²) in [6, 6.07) is 8.10. The Morgan fingerprint density at radius 1 is 1.39 bits per heavy atom. The molecule has 0 aliphatic heterocycles. The lowest BCUT2D eigenvalue weighted by atomic mass is 10.2. The molecule has 0 atom stereocenters. The van der Waals surface area contributed by atoms with Crippen LogP contribution >= 0.6 is 0 Å². The Morgan fingerprint density at radius 3 is 2.94 bits per heavy atom. The number of benzene rings is 1. The van der Waals surface area contributed by atoms with E-state index in [1.54, 1.807) is 24.4 Å². The van der Waals surface area contributed by atoms with E-state index in [9.17, 15) is 10.1 Å². The predicted molar refractivity (Wildman–Crippen MR) is 66.9 cm³/mol. The van der Waals surface area contributed by atoms with Crippen LogP contribution in [0.4, 0.5) is 5.69 Å². The summed E-state index contributed by atoms with van der Waals surface area (Å²) in [5.41, 5.74) is 1.52. The fraction of sp³-hybridized carbons (Fsp3) is 0.167. The number of rotatable bonds is 4. The van der Waals surface area contributed by atoms with Crippen molar-refractivity contribution >= 4 is 5.69 Å². The largest absolute Gasteiger partial charge is 0.314 e. The molecule has 92 valence electrons. The number of nitrogens with one attached hydrogen (secondary N) is 1. The Balaban J connectivity index is 2.38. The Bertz CT molecular complexity index is 572. The van der Waals surface area contributed by atoms with Crippen LogP contribution in [0.25, 0.3) is 11.4 Å². The van der Waals surface area contributed by atoms with E-state index in [1.165, 1.54) is 12.1 Å². The summed E-state index contributed by atoms with van der Waals surface area (Å²) in [6.07, 6.45) is 1.65. The molecule has 0 aliphatic rings. The number of aromatic nitrogens is 2. The van der Waals surface area contributed by atoms with Gasteiger partial charge in [-0.2, -0.15) is 0 Å². The minimum atomic E-state index is -0.430. The van der Waals surface area contributed by atoms with Gasteiger partial charge in [0, 0.05) is 30.4 Å². The van der Waals surface area contributed by atoms with Crippen LogP contribution in [-0.4, -0.2) is 21.9 Å². The lowest BCUT2D eigenvalue weighted by molar-refractivity contribution is -0.384. The van der Waals surface area contributed by atoms with E-state index in [1.807, 2.05) is 7.05 Å². The zero-order chi connectivity index (χ0) is 13.0. The fourth-order valence-corrected chi connectivity index (χ4v) is 1.57. The molecule has 0 bridgehead atoms. The average Bonchev–Trinajstić information content (AvgIpc) is 2.39. The highest BCUT2D eigenvalue weighted by atomic mass is 16.6. The lowest BCUT2D eigenvalue weighted by Crippen LogP contribution is -2.07. The molecular formula is C12H12N4O2. The zero-order valence-electron chi connectivity index (χ0n) is 9.83. The Hall–Kier alpha value is -2.34. The number of hydrogen-bond donors (Lipinski definition) is 1. The summed E-state index contributed by atoms with van der Waals surface area (Å²) in [6.45, 7) is 0.629. The maximum Gasteiger partial charge on any atom is 0.270 e. The van der Waals surface area contributed by atoms with Crippen LogP contribution in [0.5, 0.6) is 0 Å². The van der Waals surface area contributed by atoms with Gasteiger partial charge in [-0.3, -0.25) is 10.1 Å². The first-order chi connectivity index (χ1) is 8.70. The standard InChI is InChI=1S/C12H12N4O2/c1-13-8-10-5-6-14-12(15-10)9-3-2-4-11(7-9)16(17)18/h2-7,13H,8H2,1H3. The first-order valence-electron chi connectivity index (χ1n) is 5.42. The van der Waals surface area contributed by atoms with E-state index in [0.29, 0.717) is 17.9 Å². The molecule has 1 aromatic heterocycles. The van der Waals surface area contributed by atoms with Crippen molar-refractivity contribution < 1.29 is 4.92 Å². The van der Waals surface area contributed by atoms with Gasteiger partial charge in [-0.25, -0.2) is 9.97 Å². The third-order valence-electron chi connectivity index (χ3n) is 2.39. The summed E-state index contributed by atoms with van der Waals surface area (Å²) < 4.78 is 0. The molecule has 0 amide bonds. The monoisotopic (exact) mass is 244 g/mol. The van der Waals surface area contributed by atoms with Crippen LogP contribution in [0, 0.1) is 10.1 Å². The van der Waals surface area contributed by atoms with E-state index < -0.39 is 4.92 Å². The van der Waals surface area contributed by atoms with Crippen LogP contribution in [0.15, 0.2) is 36.5 Å². The normalized spacial score (nSPS) is 10.3. The Kier molecular flexibility index (Phi) is 3.59. The summed E-state index contributed by atoms with van der Waals surface area (Å²) in [5.74, 6) is 0.492. The van der Waals surface area contributed by atoms with E-state index in [2.05, 4.69) is 15.3 Å². The lowest BCUT2D eigenvalue weighted by Gasteiger charge is -2.03. The molecule has 0 aliphatic carbocycles. The van der Waals surface area contributed by atoms with E-state index >= 15 is 0 Å². The van der Waals surface area contributed by atoms with Gasteiger partial charge in [-0.05, 0) is 13.1 Å². The van der Waals surface area contributed by atoms with Crippen LogP contribution in [0.1, 0.15) is 5.69 Å². The molecule has 0 radical (unpaired) electrons. The second kappa shape index (κ2) is 5.33. The Morgan fingerprint density at radius 2 is 2.22 bits per heavy atom. The summed E-state index contributed by atoms with van der Waals surface area (Å²) in [4.78, 5) is 18.7. The molecule has 1 aromatic carbocycles. The molecule has 2 aromatic rings. The summed E-state index contributed by atoms with van der Waals surface area (Å²) in [7, 11) is 1.83. The van der Waals surface area contributed by atoms with Gasteiger partial charge in [0.1, 0.15) is 0 Å². The molecule has 0 unspecified atom stereocenters.